The van der Waals surface area contributed by atoms with Crippen LogP contribution in [0.4, 0.5) is 0 Å². The van der Waals surface area contributed by atoms with E-state index in [2.05, 4.69) is 51.3 Å². The van der Waals surface area contributed by atoms with Crippen LogP contribution in [0.1, 0.15) is 89.5 Å². The lowest BCUT2D eigenvalue weighted by Crippen LogP contribution is -2.31. The van der Waals surface area contributed by atoms with Gasteiger partial charge in [-0.3, -0.25) is 0 Å². The highest BCUT2D eigenvalue weighted by Crippen LogP contribution is 2.65. The van der Waals surface area contributed by atoms with Gasteiger partial charge in [-0.05, 0) is 85.0 Å². The highest BCUT2D eigenvalue weighted by Gasteiger charge is 2.52. The second kappa shape index (κ2) is 20.6. The van der Waals surface area contributed by atoms with E-state index in [1.165, 1.54) is 0 Å². The Hall–Kier alpha value is -7.06. The van der Waals surface area contributed by atoms with E-state index in [0.717, 1.165) is 44.5 Å². The first-order valence-corrected chi connectivity index (χ1v) is 22.6. The van der Waals surface area contributed by atoms with E-state index in [0.29, 0.717) is 86.2 Å². The zero-order chi connectivity index (χ0) is 46.1. The molecule has 8 heteroatoms. The van der Waals surface area contributed by atoms with Gasteiger partial charge in [0.15, 0.2) is 23.0 Å². The third-order valence-corrected chi connectivity index (χ3v) is 11.2. The second-order valence-electron chi connectivity index (χ2n) is 16.2. The molecule has 0 radical (unpaired) electrons. The van der Waals surface area contributed by atoms with Gasteiger partial charge in [0.25, 0.3) is 0 Å². The molecule has 0 spiro atoms. The number of benzene rings is 6. The first-order valence-electron chi connectivity index (χ1n) is 22.6. The molecule has 0 bridgehead atoms. The molecule has 0 saturated heterocycles. The number of hydrogen-bond acceptors (Lipinski definition) is 8. The van der Waals surface area contributed by atoms with Crippen molar-refractivity contribution in [3.05, 3.63) is 168 Å². The summed E-state index contributed by atoms with van der Waals surface area (Å²) in [5.74, 6) is 0.966. The molecule has 0 amide bonds. The topological polar surface area (TPSA) is 89.5 Å². The van der Waals surface area contributed by atoms with Gasteiger partial charge in [-0.15, -0.1) is 0 Å². The Morgan fingerprint density at radius 3 is 1.14 bits per heavy atom. The fourth-order valence-electron chi connectivity index (χ4n) is 8.41. The van der Waals surface area contributed by atoms with Gasteiger partial charge in [-0.1, -0.05) is 150 Å². The molecule has 0 saturated carbocycles. The molecular weight excluding hydrogens is 813 g/mol. The lowest BCUT2D eigenvalue weighted by atomic mass is 9.65. The van der Waals surface area contributed by atoms with E-state index < -0.39 is 17.4 Å². The van der Waals surface area contributed by atoms with E-state index in [1.807, 2.05) is 111 Å². The van der Waals surface area contributed by atoms with Crippen LogP contribution in [0.2, 0.25) is 0 Å². The van der Waals surface area contributed by atoms with Gasteiger partial charge in [-0.2, -0.15) is 0 Å². The molecule has 0 N–H and O–H groups in total. The molecule has 6 aromatic carbocycles. The van der Waals surface area contributed by atoms with Crippen molar-refractivity contribution in [3.63, 3.8) is 0 Å². The van der Waals surface area contributed by atoms with Crippen molar-refractivity contribution in [2.75, 3.05) is 26.4 Å². The summed E-state index contributed by atoms with van der Waals surface area (Å²) in [6.07, 6.45) is 2.74. The summed E-state index contributed by atoms with van der Waals surface area (Å²) in [6.45, 7) is 20.6. The molecule has 6 aromatic rings. The van der Waals surface area contributed by atoms with E-state index in [9.17, 15) is 9.59 Å². The van der Waals surface area contributed by atoms with Crippen molar-refractivity contribution in [2.45, 2.75) is 72.6 Å². The molecule has 0 heterocycles. The molecule has 0 aromatic heterocycles. The van der Waals surface area contributed by atoms with Crippen molar-refractivity contribution >= 4 is 11.9 Å². The average molecular weight is 871 g/mol. The van der Waals surface area contributed by atoms with E-state index in [-0.39, 0.29) is 22.6 Å². The number of carbonyl (C=O) groups is 2. The Morgan fingerprint density at radius 1 is 0.446 bits per heavy atom. The summed E-state index contributed by atoms with van der Waals surface area (Å²) in [5, 5.41) is 0. The number of esters is 2. The first kappa shape index (κ1) is 45.9. The second-order valence-corrected chi connectivity index (χ2v) is 16.2. The number of ether oxygens (including phenoxy) is 6. The van der Waals surface area contributed by atoms with Gasteiger partial charge in [0, 0.05) is 22.3 Å². The van der Waals surface area contributed by atoms with Crippen molar-refractivity contribution < 1.29 is 38.0 Å². The highest BCUT2D eigenvalue weighted by atomic mass is 16.6. The monoisotopic (exact) mass is 870 g/mol. The average Bonchev–Trinajstić information content (AvgIpc) is 3.62. The predicted octanol–water partition coefficient (Wildman–Crippen LogP) is 13.5. The third-order valence-electron chi connectivity index (χ3n) is 11.2. The largest absolute Gasteiger partial charge is 0.492 e. The van der Waals surface area contributed by atoms with Crippen molar-refractivity contribution in [2.24, 2.45) is 0 Å². The van der Waals surface area contributed by atoms with Gasteiger partial charge < -0.3 is 28.4 Å². The Labute approximate surface area is 383 Å². The number of carbonyl (C=O) groups excluding carboxylic acids is 2. The van der Waals surface area contributed by atoms with Gasteiger partial charge in [0.05, 0.1) is 43.0 Å². The normalized spacial score (nSPS) is 12.1. The van der Waals surface area contributed by atoms with Gasteiger partial charge in [0.1, 0.15) is 11.5 Å². The minimum absolute atomic E-state index is 0.226. The summed E-state index contributed by atoms with van der Waals surface area (Å²) in [4.78, 5) is 27.4. The zero-order valence-electron chi connectivity index (χ0n) is 38.4. The van der Waals surface area contributed by atoms with Crippen LogP contribution in [-0.4, -0.2) is 38.4 Å². The Morgan fingerprint density at radius 2 is 0.785 bits per heavy atom. The SMILES string of the molecule is C=C(C)C(=O)Oc1c(OCCC)cc(C2(c3cc(OCCC)c(OC(=O)C(=C)C)c(-c4ccccc4)c3OCCC)c3ccccc3-c3ccccc32)c(OCCC)c1-c1ccccc1. The number of hydrogen-bond donors (Lipinski definition) is 0. The fraction of sp³-hybridized carbons (Fsp3) is 0.263. The van der Waals surface area contributed by atoms with Crippen molar-refractivity contribution in [1.82, 2.24) is 0 Å². The maximum Gasteiger partial charge on any atom is 0.338 e. The van der Waals surface area contributed by atoms with E-state index in [4.69, 9.17) is 28.4 Å². The molecule has 1 aliphatic carbocycles. The lowest BCUT2D eigenvalue weighted by Gasteiger charge is -2.38. The molecule has 0 aliphatic heterocycles. The van der Waals surface area contributed by atoms with Crippen LogP contribution >= 0.6 is 0 Å². The molecule has 334 valence electrons. The van der Waals surface area contributed by atoms with Crippen LogP contribution in [0.25, 0.3) is 33.4 Å². The summed E-state index contributed by atoms with van der Waals surface area (Å²) in [5.41, 5.74) is 7.18. The van der Waals surface area contributed by atoms with Crippen molar-refractivity contribution in [3.8, 4) is 67.9 Å². The summed E-state index contributed by atoms with van der Waals surface area (Å²) < 4.78 is 40.4. The lowest BCUT2D eigenvalue weighted by molar-refractivity contribution is -0.131. The molecule has 1 aliphatic rings. The van der Waals surface area contributed by atoms with E-state index >= 15 is 0 Å². The molecular formula is C57H58O8. The third kappa shape index (κ3) is 8.90. The van der Waals surface area contributed by atoms with Gasteiger partial charge in [-0.25, -0.2) is 9.59 Å². The minimum Gasteiger partial charge on any atom is -0.492 e. The predicted molar refractivity (Wildman–Crippen MR) is 259 cm³/mol. The summed E-state index contributed by atoms with van der Waals surface area (Å²) in [7, 11) is 0. The zero-order valence-corrected chi connectivity index (χ0v) is 38.4. The maximum absolute atomic E-state index is 13.7. The molecule has 8 nitrogen and oxygen atoms in total. The molecule has 7 rings (SSSR count). The Kier molecular flexibility index (Phi) is 14.6. The van der Waals surface area contributed by atoms with Crippen LogP contribution in [0.5, 0.6) is 34.5 Å². The number of rotatable bonds is 20. The van der Waals surface area contributed by atoms with Crippen LogP contribution in [0.3, 0.4) is 0 Å². The molecule has 0 atom stereocenters. The molecule has 0 fully saturated rings. The van der Waals surface area contributed by atoms with Gasteiger partial charge in [0.2, 0.25) is 0 Å². The Balaban J connectivity index is 1.79. The van der Waals surface area contributed by atoms with Crippen LogP contribution < -0.4 is 28.4 Å². The Bertz CT molecular complexity index is 2510. The maximum atomic E-state index is 13.7. The first-order chi connectivity index (χ1) is 31.6. The standard InChI is InChI=1S/C57H58O8/c1-9-31-60-47-35-45(51(62-33-11-3)49(39-23-15-13-16-24-39)53(47)64-55(58)37(5)6)57(43-29-21-19-27-41(43)42-28-20-22-30-44(42)57)46-36-48(61-32-10-2)54(65-56(59)38(7)8)50(52(46)63-34-12-4)40-25-17-14-18-26-40/h13-30,35-36H,5,7,9-12,31-34H2,1-4,6,8H3. The number of fused-ring (bicyclic) bond motifs is 3. The molecule has 65 heavy (non-hydrogen) atoms. The van der Waals surface area contributed by atoms with Gasteiger partial charge >= 0.3 is 11.9 Å². The van der Waals surface area contributed by atoms with Crippen LogP contribution in [0, 0.1) is 0 Å². The van der Waals surface area contributed by atoms with Crippen molar-refractivity contribution in [1.29, 1.82) is 0 Å². The summed E-state index contributed by atoms with van der Waals surface area (Å²) >= 11 is 0. The molecule has 0 unspecified atom stereocenters. The smallest absolute Gasteiger partial charge is 0.338 e. The summed E-state index contributed by atoms with van der Waals surface area (Å²) in [6, 6.07) is 40.3. The minimum atomic E-state index is -1.24. The van der Waals surface area contributed by atoms with Crippen LogP contribution in [-0.2, 0) is 15.0 Å². The quantitative estimate of drug-likeness (QED) is 0.0425. The van der Waals surface area contributed by atoms with Crippen LogP contribution in [0.15, 0.2) is 146 Å². The van der Waals surface area contributed by atoms with E-state index in [1.54, 1.807) is 13.8 Å². The highest BCUT2D eigenvalue weighted by molar-refractivity contribution is 5.97. The fourth-order valence-corrected chi connectivity index (χ4v) is 8.41.